The second kappa shape index (κ2) is 11.4. The van der Waals surface area contributed by atoms with Gasteiger partial charge in [-0.1, -0.05) is 24.3 Å². The van der Waals surface area contributed by atoms with E-state index in [9.17, 15) is 9.59 Å². The van der Waals surface area contributed by atoms with Crippen molar-refractivity contribution < 1.29 is 38.0 Å². The lowest BCUT2D eigenvalue weighted by atomic mass is 10.00. The van der Waals surface area contributed by atoms with Crippen LogP contribution in [0, 0.1) is 11.8 Å². The van der Waals surface area contributed by atoms with Crippen LogP contribution in [0.5, 0.6) is 0 Å². The van der Waals surface area contributed by atoms with Crippen LogP contribution in [-0.2, 0) is 28.4 Å². The minimum absolute atomic E-state index is 0.164. The Morgan fingerprint density at radius 2 is 1.12 bits per heavy atom. The smallest absolute Gasteiger partial charge is 0.338 e. The van der Waals surface area contributed by atoms with Crippen LogP contribution < -0.4 is 0 Å². The summed E-state index contributed by atoms with van der Waals surface area (Å²) in [7, 11) is 0. The molecule has 2 saturated heterocycles. The molecule has 0 radical (unpaired) electrons. The monoisotopic (exact) mass is 444 g/mol. The van der Waals surface area contributed by atoms with E-state index in [1.165, 1.54) is 0 Å². The van der Waals surface area contributed by atoms with Crippen LogP contribution in [0.2, 0.25) is 0 Å². The predicted molar refractivity (Wildman–Crippen MR) is 115 cm³/mol. The molecule has 0 spiro atoms. The summed E-state index contributed by atoms with van der Waals surface area (Å²) in [5.41, 5.74) is 0.797. The van der Waals surface area contributed by atoms with Crippen LogP contribution in [0.15, 0.2) is 36.4 Å². The maximum Gasteiger partial charge on any atom is 0.338 e. The van der Waals surface area contributed by atoms with Crippen molar-refractivity contribution in [2.75, 3.05) is 66.1 Å². The van der Waals surface area contributed by atoms with Crippen molar-refractivity contribution >= 4 is 22.7 Å². The molecule has 0 unspecified atom stereocenters. The van der Waals surface area contributed by atoms with E-state index in [0.717, 1.165) is 26.4 Å². The number of ether oxygens (including phenoxy) is 6. The maximum atomic E-state index is 12.6. The lowest BCUT2D eigenvalue weighted by molar-refractivity contribution is -0.0755. The van der Waals surface area contributed by atoms with Crippen molar-refractivity contribution in [2.45, 2.75) is 0 Å². The molecule has 2 heterocycles. The number of fused-ring (bicyclic) bond motifs is 1. The maximum absolute atomic E-state index is 12.6. The third kappa shape index (κ3) is 5.83. The Kier molecular flexibility index (Phi) is 8.06. The van der Waals surface area contributed by atoms with Crippen molar-refractivity contribution in [3.8, 4) is 0 Å². The van der Waals surface area contributed by atoms with E-state index in [1.54, 1.807) is 36.4 Å². The Balaban J connectivity index is 1.29. The molecule has 0 amide bonds. The van der Waals surface area contributed by atoms with Crippen molar-refractivity contribution in [3.63, 3.8) is 0 Å². The SMILES string of the molecule is O=C(OCCOCC1COC1)c1cccc2c(C(=O)OCCOCC3COC3)cccc12. The van der Waals surface area contributed by atoms with E-state index >= 15 is 0 Å². The number of carbonyl (C=O) groups excluding carboxylic acids is 2. The Morgan fingerprint density at radius 3 is 1.50 bits per heavy atom. The molecule has 0 atom stereocenters. The van der Waals surface area contributed by atoms with E-state index in [0.29, 0.717) is 60.2 Å². The molecule has 2 aliphatic rings. The van der Waals surface area contributed by atoms with Gasteiger partial charge in [0.25, 0.3) is 0 Å². The minimum atomic E-state index is -0.454. The fourth-order valence-electron chi connectivity index (χ4n) is 3.47. The summed E-state index contributed by atoms with van der Waals surface area (Å²) in [6.07, 6.45) is 0. The number of carbonyl (C=O) groups is 2. The summed E-state index contributed by atoms with van der Waals surface area (Å²) in [4.78, 5) is 25.2. The van der Waals surface area contributed by atoms with Gasteiger partial charge >= 0.3 is 11.9 Å². The summed E-state index contributed by atoms with van der Waals surface area (Å²) in [5, 5.41) is 1.28. The zero-order valence-corrected chi connectivity index (χ0v) is 18.0. The fraction of sp³-hybridized carbons (Fsp3) is 0.500. The molecule has 0 saturated carbocycles. The first-order valence-corrected chi connectivity index (χ1v) is 10.9. The second-order valence-electron chi connectivity index (χ2n) is 7.93. The number of esters is 2. The zero-order chi connectivity index (χ0) is 22.2. The molecule has 8 heteroatoms. The Labute approximate surface area is 186 Å². The van der Waals surface area contributed by atoms with Gasteiger partial charge in [-0.25, -0.2) is 9.59 Å². The number of benzene rings is 2. The summed E-state index contributed by atoms with van der Waals surface area (Å²) in [6, 6.07) is 10.4. The largest absolute Gasteiger partial charge is 0.460 e. The van der Waals surface area contributed by atoms with Crippen LogP contribution in [0.1, 0.15) is 20.7 Å². The Bertz CT molecular complexity index is 844. The predicted octanol–water partition coefficient (Wildman–Crippen LogP) is 2.48. The number of hydrogen-bond acceptors (Lipinski definition) is 8. The van der Waals surface area contributed by atoms with Crippen molar-refractivity contribution in [1.29, 1.82) is 0 Å². The highest BCUT2D eigenvalue weighted by atomic mass is 16.6. The standard InChI is InChI=1S/C24H28O8/c25-23(31-9-7-27-11-17-13-29-14-17)21-5-1-3-19-20(21)4-2-6-22(19)24(26)32-10-8-28-12-18-15-30-16-18/h1-6,17-18H,7-16H2. The van der Waals surface area contributed by atoms with Gasteiger partial charge in [0.1, 0.15) is 13.2 Å². The van der Waals surface area contributed by atoms with Crippen molar-refractivity contribution in [1.82, 2.24) is 0 Å². The third-order valence-corrected chi connectivity index (χ3v) is 5.40. The quantitative estimate of drug-likeness (QED) is 0.364. The number of hydrogen-bond donors (Lipinski definition) is 0. The van der Waals surface area contributed by atoms with E-state index in [-0.39, 0.29) is 13.2 Å². The van der Waals surface area contributed by atoms with Gasteiger partial charge in [-0.2, -0.15) is 0 Å². The first kappa shape index (κ1) is 22.7. The lowest BCUT2D eigenvalue weighted by Crippen LogP contribution is -2.32. The molecule has 0 aliphatic carbocycles. The third-order valence-electron chi connectivity index (χ3n) is 5.40. The molecule has 0 bridgehead atoms. The molecular formula is C24H28O8. The van der Waals surface area contributed by atoms with E-state index in [2.05, 4.69) is 0 Å². The summed E-state index contributed by atoms with van der Waals surface area (Å²) in [5.74, 6) is -0.0353. The molecular weight excluding hydrogens is 416 g/mol. The molecule has 2 aromatic carbocycles. The highest BCUT2D eigenvalue weighted by molar-refractivity contribution is 6.11. The minimum Gasteiger partial charge on any atom is -0.460 e. The van der Waals surface area contributed by atoms with Gasteiger partial charge in [0.15, 0.2) is 0 Å². The van der Waals surface area contributed by atoms with Gasteiger partial charge in [0.05, 0.1) is 64.0 Å². The molecule has 172 valence electrons. The van der Waals surface area contributed by atoms with Crippen molar-refractivity contribution in [2.24, 2.45) is 11.8 Å². The topological polar surface area (TPSA) is 89.5 Å². The Morgan fingerprint density at radius 1 is 0.688 bits per heavy atom. The van der Waals surface area contributed by atoms with Crippen LogP contribution in [0.3, 0.4) is 0 Å². The summed E-state index contributed by atoms with van der Waals surface area (Å²) < 4.78 is 31.9. The molecule has 2 fully saturated rings. The van der Waals surface area contributed by atoms with Gasteiger partial charge in [-0.05, 0) is 22.9 Å². The average Bonchev–Trinajstić information content (AvgIpc) is 2.74. The van der Waals surface area contributed by atoms with E-state index < -0.39 is 11.9 Å². The van der Waals surface area contributed by atoms with E-state index in [4.69, 9.17) is 28.4 Å². The normalized spacial score (nSPS) is 16.4. The lowest BCUT2D eigenvalue weighted by Gasteiger charge is -2.25. The van der Waals surface area contributed by atoms with E-state index in [1.807, 2.05) is 0 Å². The molecule has 4 rings (SSSR count). The fourth-order valence-corrected chi connectivity index (χ4v) is 3.47. The summed E-state index contributed by atoms with van der Waals surface area (Å²) in [6.45, 7) is 5.12. The molecule has 2 aliphatic heterocycles. The van der Waals surface area contributed by atoms with Gasteiger partial charge in [0, 0.05) is 11.8 Å². The first-order chi connectivity index (χ1) is 15.7. The zero-order valence-electron chi connectivity index (χ0n) is 18.0. The van der Waals surface area contributed by atoms with Gasteiger partial charge in [0.2, 0.25) is 0 Å². The number of rotatable bonds is 12. The van der Waals surface area contributed by atoms with Crippen LogP contribution in [0.25, 0.3) is 10.8 Å². The summed E-state index contributed by atoms with van der Waals surface area (Å²) >= 11 is 0. The highest BCUT2D eigenvalue weighted by Crippen LogP contribution is 2.24. The van der Waals surface area contributed by atoms with Crippen LogP contribution in [-0.4, -0.2) is 78.0 Å². The first-order valence-electron chi connectivity index (χ1n) is 10.9. The average molecular weight is 444 g/mol. The van der Waals surface area contributed by atoms with Crippen LogP contribution >= 0.6 is 0 Å². The molecule has 8 nitrogen and oxygen atoms in total. The van der Waals surface area contributed by atoms with Crippen LogP contribution in [0.4, 0.5) is 0 Å². The highest BCUT2D eigenvalue weighted by Gasteiger charge is 2.20. The van der Waals surface area contributed by atoms with Gasteiger partial charge in [-0.15, -0.1) is 0 Å². The molecule has 2 aromatic rings. The molecule has 0 N–H and O–H groups in total. The molecule has 0 aromatic heterocycles. The van der Waals surface area contributed by atoms with Gasteiger partial charge in [-0.3, -0.25) is 0 Å². The second-order valence-corrected chi connectivity index (χ2v) is 7.93. The Hall–Kier alpha value is -2.52. The van der Waals surface area contributed by atoms with Gasteiger partial charge < -0.3 is 28.4 Å². The molecule has 32 heavy (non-hydrogen) atoms. The van der Waals surface area contributed by atoms with Crippen molar-refractivity contribution in [3.05, 3.63) is 47.5 Å².